The van der Waals surface area contributed by atoms with Gasteiger partial charge in [-0.2, -0.15) is 0 Å². The summed E-state index contributed by atoms with van der Waals surface area (Å²) < 4.78 is 4.53. The second-order valence-electron chi connectivity index (χ2n) is 4.17. The van der Waals surface area contributed by atoms with Gasteiger partial charge in [-0.25, -0.2) is 4.79 Å². The molecule has 72 valence electrons. The number of hydrogen-bond acceptors (Lipinski definition) is 3. The van der Waals surface area contributed by atoms with Crippen molar-refractivity contribution in [2.75, 3.05) is 0 Å². The van der Waals surface area contributed by atoms with Crippen molar-refractivity contribution in [2.45, 2.75) is 27.2 Å². The first-order valence-electron chi connectivity index (χ1n) is 4.48. The van der Waals surface area contributed by atoms with Crippen LogP contribution in [0.5, 0.6) is 0 Å². The molecule has 1 aliphatic heterocycles. The molecule has 0 radical (unpaired) electrons. The van der Waals surface area contributed by atoms with Crippen LogP contribution in [0.3, 0.4) is 0 Å². The van der Waals surface area contributed by atoms with Gasteiger partial charge in [0.05, 0.1) is 6.92 Å². The lowest BCUT2D eigenvalue weighted by Crippen LogP contribution is -2.31. The zero-order valence-electron chi connectivity index (χ0n) is 8.29. The van der Waals surface area contributed by atoms with Crippen LogP contribution >= 0.6 is 0 Å². The van der Waals surface area contributed by atoms with Crippen LogP contribution in [0.25, 0.3) is 0 Å². The molecule has 0 spiro atoms. The molecule has 2 unspecified atom stereocenters. The molecule has 3 nitrogen and oxygen atoms in total. The Morgan fingerprint density at radius 3 is 2.23 bits per heavy atom. The van der Waals surface area contributed by atoms with E-state index in [0.29, 0.717) is 0 Å². The van der Waals surface area contributed by atoms with Gasteiger partial charge in [-0.15, -0.1) is 0 Å². The Bertz CT molecular complexity index is 243. The zero-order chi connectivity index (χ0) is 10.2. The molecule has 3 heteroatoms. The quantitative estimate of drug-likeness (QED) is 0.371. The molecule has 1 heterocycles. The molecule has 0 N–H and O–H groups in total. The first-order chi connectivity index (χ1) is 5.90. The summed E-state index contributed by atoms with van der Waals surface area (Å²) in [5, 5.41) is 0. The summed E-state index contributed by atoms with van der Waals surface area (Å²) in [5.74, 6) is -1.83. The Kier molecular flexibility index (Phi) is 2.37. The fourth-order valence-corrected chi connectivity index (χ4v) is 1.62. The van der Waals surface area contributed by atoms with E-state index in [-0.39, 0.29) is 11.3 Å². The van der Waals surface area contributed by atoms with E-state index in [9.17, 15) is 9.59 Å². The third-order valence-corrected chi connectivity index (χ3v) is 2.91. The molecular formula is C10H15O3+. The highest BCUT2D eigenvalue weighted by molar-refractivity contribution is 5.97. The summed E-state index contributed by atoms with van der Waals surface area (Å²) in [6.07, 6.45) is 0.825. The maximum Gasteiger partial charge on any atom is 0.362 e. The molecule has 1 rings (SSSR count). The number of carbonyl (C=O) groups excluding carboxylic acids is 2. The van der Waals surface area contributed by atoms with Gasteiger partial charge in [0.1, 0.15) is 5.92 Å². The van der Waals surface area contributed by atoms with Crippen LogP contribution < -0.4 is 0 Å². The number of esters is 2. The van der Waals surface area contributed by atoms with E-state index in [1.807, 2.05) is 20.8 Å². The van der Waals surface area contributed by atoms with E-state index in [4.69, 9.17) is 0 Å². The van der Waals surface area contributed by atoms with E-state index in [1.54, 1.807) is 0 Å². The van der Waals surface area contributed by atoms with E-state index in [1.165, 1.54) is 0 Å². The lowest BCUT2D eigenvalue weighted by molar-refractivity contribution is -0.154. The predicted molar refractivity (Wildman–Crippen MR) is 47.5 cm³/mol. The summed E-state index contributed by atoms with van der Waals surface area (Å²) in [5.41, 5.74) is -0.213. The van der Waals surface area contributed by atoms with Gasteiger partial charge >= 0.3 is 11.9 Å². The van der Waals surface area contributed by atoms with Crippen molar-refractivity contribution in [3.63, 3.8) is 0 Å². The normalized spacial score (nSPS) is 29.2. The monoisotopic (exact) mass is 183 g/mol. The highest BCUT2D eigenvalue weighted by Crippen LogP contribution is 2.40. The van der Waals surface area contributed by atoms with Crippen molar-refractivity contribution in [1.82, 2.24) is 0 Å². The van der Waals surface area contributed by atoms with Gasteiger partial charge in [0.25, 0.3) is 0 Å². The minimum absolute atomic E-state index is 0.213. The molecule has 13 heavy (non-hydrogen) atoms. The predicted octanol–water partition coefficient (Wildman–Crippen LogP) is 1.57. The standard InChI is InChI=1S/C10H15O3/c1-5-10(3,4)7-6(2)8(11)13-9(7)12/h6-7H,2,5H2,1,3-4H3/q+1. The van der Waals surface area contributed by atoms with Crippen LogP contribution in [0.4, 0.5) is 0 Å². The van der Waals surface area contributed by atoms with E-state index < -0.39 is 17.9 Å². The summed E-state index contributed by atoms with van der Waals surface area (Å²) in [6.45, 7) is 9.57. The van der Waals surface area contributed by atoms with Gasteiger partial charge < -0.3 is 4.74 Å². The Labute approximate surface area is 78.5 Å². The highest BCUT2D eigenvalue weighted by atomic mass is 16.6. The summed E-state index contributed by atoms with van der Waals surface area (Å²) in [4.78, 5) is 22.4. The van der Waals surface area contributed by atoms with E-state index in [2.05, 4.69) is 11.7 Å². The van der Waals surface area contributed by atoms with Crippen molar-refractivity contribution < 1.29 is 14.3 Å². The largest absolute Gasteiger partial charge is 0.389 e. The molecule has 2 atom stereocenters. The number of carbonyl (C=O) groups is 2. The lowest BCUT2D eigenvalue weighted by Gasteiger charge is -2.26. The van der Waals surface area contributed by atoms with Crippen molar-refractivity contribution >= 4 is 11.9 Å². The van der Waals surface area contributed by atoms with Gasteiger partial charge in [0.2, 0.25) is 5.92 Å². The fourth-order valence-electron chi connectivity index (χ4n) is 1.62. The molecular weight excluding hydrogens is 168 g/mol. The molecule has 1 saturated heterocycles. The molecule has 0 saturated carbocycles. The van der Waals surface area contributed by atoms with Crippen molar-refractivity contribution in [2.24, 2.45) is 17.3 Å². The van der Waals surface area contributed by atoms with Gasteiger partial charge in [-0.1, -0.05) is 20.8 Å². The smallest absolute Gasteiger partial charge is 0.362 e. The van der Waals surface area contributed by atoms with Crippen LogP contribution in [-0.4, -0.2) is 11.9 Å². The lowest BCUT2D eigenvalue weighted by atomic mass is 9.72. The van der Waals surface area contributed by atoms with Crippen LogP contribution in [0, 0.1) is 24.2 Å². The first kappa shape index (κ1) is 10.1. The van der Waals surface area contributed by atoms with Crippen LogP contribution in [0.15, 0.2) is 0 Å². The molecule has 1 fully saturated rings. The molecule has 0 amide bonds. The van der Waals surface area contributed by atoms with E-state index in [0.717, 1.165) is 6.42 Å². The van der Waals surface area contributed by atoms with Crippen molar-refractivity contribution in [3.05, 3.63) is 6.92 Å². The van der Waals surface area contributed by atoms with E-state index >= 15 is 0 Å². The Morgan fingerprint density at radius 2 is 1.92 bits per heavy atom. The third kappa shape index (κ3) is 1.55. The molecule has 0 aromatic heterocycles. The number of hydrogen-bond donors (Lipinski definition) is 0. The average Bonchev–Trinajstić information content (AvgIpc) is 2.27. The van der Waals surface area contributed by atoms with Gasteiger partial charge in [0.15, 0.2) is 0 Å². The summed E-state index contributed by atoms with van der Waals surface area (Å²) in [7, 11) is 0. The number of cyclic esters (lactones) is 2. The summed E-state index contributed by atoms with van der Waals surface area (Å²) in [6, 6.07) is 0. The highest BCUT2D eigenvalue weighted by Gasteiger charge is 2.53. The Hall–Kier alpha value is -0.990. The SMILES string of the molecule is [CH2+]C1C(=O)OC(=O)C1C(C)(C)CC. The van der Waals surface area contributed by atoms with Gasteiger partial charge in [-0.05, 0) is 11.8 Å². The van der Waals surface area contributed by atoms with Crippen molar-refractivity contribution in [3.8, 4) is 0 Å². The number of ether oxygens (including phenoxy) is 1. The van der Waals surface area contributed by atoms with Crippen LogP contribution in [0.1, 0.15) is 27.2 Å². The zero-order valence-corrected chi connectivity index (χ0v) is 8.29. The molecule has 0 aliphatic carbocycles. The Morgan fingerprint density at radius 1 is 1.38 bits per heavy atom. The van der Waals surface area contributed by atoms with Crippen molar-refractivity contribution in [1.29, 1.82) is 0 Å². The molecule has 0 bridgehead atoms. The third-order valence-electron chi connectivity index (χ3n) is 2.91. The van der Waals surface area contributed by atoms with Crippen LogP contribution in [-0.2, 0) is 14.3 Å². The second kappa shape index (κ2) is 3.05. The van der Waals surface area contributed by atoms with Gasteiger partial charge in [0, 0.05) is 0 Å². The minimum atomic E-state index is -0.539. The molecule has 1 aliphatic rings. The average molecular weight is 183 g/mol. The first-order valence-corrected chi connectivity index (χ1v) is 4.48. The maximum absolute atomic E-state index is 11.3. The molecule has 0 aromatic carbocycles. The fraction of sp³-hybridized carbons (Fsp3) is 0.700. The maximum atomic E-state index is 11.3. The Balaban J connectivity index is 2.92. The topological polar surface area (TPSA) is 43.4 Å². The number of rotatable bonds is 2. The van der Waals surface area contributed by atoms with Crippen LogP contribution in [0.2, 0.25) is 0 Å². The van der Waals surface area contributed by atoms with Gasteiger partial charge in [-0.3, -0.25) is 4.79 Å². The second-order valence-corrected chi connectivity index (χ2v) is 4.17. The minimum Gasteiger partial charge on any atom is -0.389 e. The molecule has 0 aromatic rings. The summed E-state index contributed by atoms with van der Waals surface area (Å²) >= 11 is 0.